The van der Waals surface area contributed by atoms with Gasteiger partial charge in [0.2, 0.25) is 5.95 Å². The molecular weight excluding hydrogens is 196 g/mol. The second-order valence-corrected chi connectivity index (χ2v) is 3.49. The van der Waals surface area contributed by atoms with Crippen molar-refractivity contribution in [2.45, 2.75) is 5.75 Å². The van der Waals surface area contributed by atoms with Crippen LogP contribution in [0.3, 0.4) is 0 Å². The molecule has 2 N–H and O–H groups in total. The van der Waals surface area contributed by atoms with Crippen molar-refractivity contribution in [2.24, 2.45) is 0 Å². The van der Waals surface area contributed by atoms with Crippen molar-refractivity contribution in [1.82, 2.24) is 15.2 Å². The maximum atomic E-state index is 3.95. The van der Waals surface area contributed by atoms with Crippen molar-refractivity contribution in [3.63, 3.8) is 0 Å². The molecule has 0 amide bonds. The summed E-state index contributed by atoms with van der Waals surface area (Å²) in [6.07, 6.45) is 1.48. The van der Waals surface area contributed by atoms with Crippen LogP contribution in [0.25, 0.3) is 0 Å². The van der Waals surface area contributed by atoms with Crippen LogP contribution < -0.4 is 4.72 Å². The van der Waals surface area contributed by atoms with Crippen LogP contribution in [-0.4, -0.2) is 15.2 Å². The Labute approximate surface area is 86.3 Å². The van der Waals surface area contributed by atoms with Gasteiger partial charge in [-0.2, -0.15) is 10.1 Å². The molecule has 1 aromatic heterocycles. The Morgan fingerprint density at radius 2 is 2.14 bits per heavy atom. The zero-order chi connectivity index (χ0) is 9.64. The Morgan fingerprint density at radius 1 is 1.29 bits per heavy atom. The highest BCUT2D eigenvalue weighted by molar-refractivity contribution is 7.99. The van der Waals surface area contributed by atoms with Gasteiger partial charge in [0, 0.05) is 5.75 Å². The molecule has 5 heteroatoms. The van der Waals surface area contributed by atoms with Crippen LogP contribution in [0.15, 0.2) is 36.7 Å². The van der Waals surface area contributed by atoms with E-state index in [1.165, 1.54) is 11.9 Å². The molecule has 0 radical (unpaired) electrons. The summed E-state index contributed by atoms with van der Waals surface area (Å²) in [5.74, 6) is 1.59. The van der Waals surface area contributed by atoms with E-state index in [1.807, 2.05) is 18.2 Å². The van der Waals surface area contributed by atoms with Gasteiger partial charge in [0.15, 0.2) is 0 Å². The van der Waals surface area contributed by atoms with E-state index in [-0.39, 0.29) is 0 Å². The van der Waals surface area contributed by atoms with Gasteiger partial charge >= 0.3 is 0 Å². The van der Waals surface area contributed by atoms with Crippen LogP contribution in [0, 0.1) is 0 Å². The molecule has 0 spiro atoms. The van der Waals surface area contributed by atoms with E-state index in [1.54, 1.807) is 11.9 Å². The lowest BCUT2D eigenvalue weighted by molar-refractivity contribution is 1.10. The van der Waals surface area contributed by atoms with Gasteiger partial charge in [-0.3, -0.25) is 4.72 Å². The van der Waals surface area contributed by atoms with Gasteiger partial charge in [0.05, 0.1) is 0 Å². The Balaban J connectivity index is 1.79. The molecule has 2 rings (SSSR count). The first-order chi connectivity index (χ1) is 6.95. The molecular formula is C9H10N4S. The van der Waals surface area contributed by atoms with Crippen molar-refractivity contribution >= 4 is 17.9 Å². The van der Waals surface area contributed by atoms with Gasteiger partial charge in [-0.25, -0.2) is 5.10 Å². The quantitative estimate of drug-likeness (QED) is 0.752. The van der Waals surface area contributed by atoms with Crippen molar-refractivity contribution in [3.05, 3.63) is 42.2 Å². The van der Waals surface area contributed by atoms with E-state index in [2.05, 4.69) is 32.0 Å². The van der Waals surface area contributed by atoms with Gasteiger partial charge in [-0.15, -0.1) is 0 Å². The molecule has 0 fully saturated rings. The van der Waals surface area contributed by atoms with Crippen LogP contribution in [0.1, 0.15) is 5.56 Å². The van der Waals surface area contributed by atoms with Gasteiger partial charge in [0.1, 0.15) is 6.33 Å². The topological polar surface area (TPSA) is 53.6 Å². The summed E-state index contributed by atoms with van der Waals surface area (Å²) in [5, 5.41) is 6.47. The minimum absolute atomic E-state index is 0.686. The lowest BCUT2D eigenvalue weighted by Crippen LogP contribution is -1.90. The average molecular weight is 206 g/mol. The van der Waals surface area contributed by atoms with Crippen LogP contribution in [0.5, 0.6) is 0 Å². The van der Waals surface area contributed by atoms with Crippen LogP contribution in [0.4, 0.5) is 5.95 Å². The standard InChI is InChI=1S/C9H10N4S/c1-2-4-8(5-3-1)6-14-13-9-10-7-11-12-9/h1-5,7H,6H2,(H2,10,11,12,13). The lowest BCUT2D eigenvalue weighted by Gasteiger charge is -2.00. The fourth-order valence-electron chi connectivity index (χ4n) is 1.02. The first kappa shape index (κ1) is 9.08. The van der Waals surface area contributed by atoms with Crippen molar-refractivity contribution in [3.8, 4) is 0 Å². The normalized spacial score (nSPS) is 10.0. The van der Waals surface area contributed by atoms with E-state index in [9.17, 15) is 0 Å². The summed E-state index contributed by atoms with van der Waals surface area (Å²) >= 11 is 1.58. The van der Waals surface area contributed by atoms with Crippen molar-refractivity contribution in [1.29, 1.82) is 0 Å². The summed E-state index contributed by atoms with van der Waals surface area (Å²) in [6.45, 7) is 0. The molecule has 2 aromatic rings. The molecule has 72 valence electrons. The molecule has 0 aliphatic rings. The second-order valence-electron chi connectivity index (χ2n) is 2.71. The molecule has 0 saturated heterocycles. The molecule has 0 unspecified atom stereocenters. The molecule has 4 nitrogen and oxygen atoms in total. The van der Waals surface area contributed by atoms with E-state index < -0.39 is 0 Å². The number of rotatable bonds is 4. The van der Waals surface area contributed by atoms with Gasteiger partial charge in [0.25, 0.3) is 0 Å². The predicted octanol–water partition coefficient (Wildman–Crippen LogP) is 2.06. The third kappa shape index (κ3) is 2.50. The number of aromatic amines is 1. The summed E-state index contributed by atoms with van der Waals surface area (Å²) in [5.41, 5.74) is 1.28. The van der Waals surface area contributed by atoms with Gasteiger partial charge in [-0.05, 0) is 17.5 Å². The largest absolute Gasteiger partial charge is 0.298 e. The summed E-state index contributed by atoms with van der Waals surface area (Å²) in [7, 11) is 0. The number of hydrogen-bond donors (Lipinski definition) is 2. The SMILES string of the molecule is c1ccc(CSNc2ncn[nH]2)cc1. The Bertz CT molecular complexity index is 360. The molecule has 0 saturated carbocycles. The molecule has 1 heterocycles. The summed E-state index contributed by atoms with van der Waals surface area (Å²) in [4.78, 5) is 3.95. The number of benzene rings is 1. The van der Waals surface area contributed by atoms with Crippen LogP contribution in [0.2, 0.25) is 0 Å². The number of nitrogens with one attached hydrogen (secondary N) is 2. The maximum Gasteiger partial charge on any atom is 0.228 e. The number of H-pyrrole nitrogens is 1. The van der Waals surface area contributed by atoms with E-state index in [0.29, 0.717) is 5.95 Å². The highest BCUT2D eigenvalue weighted by Crippen LogP contribution is 2.12. The van der Waals surface area contributed by atoms with Gasteiger partial charge in [-0.1, -0.05) is 30.3 Å². The fourth-order valence-corrected chi connectivity index (χ4v) is 1.68. The molecule has 1 aromatic carbocycles. The van der Waals surface area contributed by atoms with Crippen molar-refractivity contribution < 1.29 is 0 Å². The Hall–Kier alpha value is -1.49. The first-order valence-electron chi connectivity index (χ1n) is 4.22. The third-order valence-corrected chi connectivity index (χ3v) is 2.48. The highest BCUT2D eigenvalue weighted by atomic mass is 32.2. The number of nitrogens with zero attached hydrogens (tertiary/aromatic N) is 2. The monoisotopic (exact) mass is 206 g/mol. The third-order valence-electron chi connectivity index (χ3n) is 1.67. The van der Waals surface area contributed by atoms with E-state index >= 15 is 0 Å². The summed E-state index contributed by atoms with van der Waals surface area (Å²) in [6, 6.07) is 10.3. The first-order valence-corrected chi connectivity index (χ1v) is 5.21. The zero-order valence-corrected chi connectivity index (χ0v) is 8.29. The highest BCUT2D eigenvalue weighted by Gasteiger charge is 1.94. The van der Waals surface area contributed by atoms with Crippen molar-refractivity contribution in [2.75, 3.05) is 4.72 Å². The predicted molar refractivity (Wildman–Crippen MR) is 57.7 cm³/mol. The Morgan fingerprint density at radius 3 is 2.86 bits per heavy atom. The average Bonchev–Trinajstić information content (AvgIpc) is 2.72. The van der Waals surface area contributed by atoms with E-state index in [4.69, 9.17) is 0 Å². The molecule has 0 atom stereocenters. The molecule has 0 bridgehead atoms. The minimum Gasteiger partial charge on any atom is -0.298 e. The smallest absolute Gasteiger partial charge is 0.228 e. The Kier molecular flexibility index (Phi) is 3.03. The van der Waals surface area contributed by atoms with Crippen LogP contribution >= 0.6 is 11.9 Å². The zero-order valence-electron chi connectivity index (χ0n) is 7.47. The minimum atomic E-state index is 0.686. The molecule has 0 aliphatic heterocycles. The maximum absolute atomic E-state index is 3.95. The molecule has 14 heavy (non-hydrogen) atoms. The number of aromatic nitrogens is 3. The van der Waals surface area contributed by atoms with E-state index in [0.717, 1.165) is 5.75 Å². The molecule has 0 aliphatic carbocycles. The second kappa shape index (κ2) is 4.66. The number of anilines is 1. The van der Waals surface area contributed by atoms with Gasteiger partial charge < -0.3 is 0 Å². The van der Waals surface area contributed by atoms with Crippen LogP contribution in [-0.2, 0) is 5.75 Å². The fraction of sp³-hybridized carbons (Fsp3) is 0.111. The number of hydrogen-bond acceptors (Lipinski definition) is 4. The lowest BCUT2D eigenvalue weighted by atomic mass is 10.2. The summed E-state index contributed by atoms with van der Waals surface area (Å²) < 4.78 is 3.06.